The lowest BCUT2D eigenvalue weighted by molar-refractivity contribution is -0.140. The van der Waals surface area contributed by atoms with Gasteiger partial charge < -0.3 is 10.2 Å². The van der Waals surface area contributed by atoms with Crippen LogP contribution in [0.15, 0.2) is 0 Å². The molecule has 18 heavy (non-hydrogen) atoms. The molecule has 1 aliphatic rings. The first-order valence-corrected chi connectivity index (χ1v) is 6.84. The van der Waals surface area contributed by atoms with E-state index >= 15 is 0 Å². The molecular weight excluding hydrogens is 228 g/mol. The lowest BCUT2D eigenvalue weighted by atomic mass is 9.89. The average molecular weight is 254 g/mol. The zero-order valence-corrected chi connectivity index (χ0v) is 12.3. The third kappa shape index (κ3) is 3.24. The van der Waals surface area contributed by atoms with Gasteiger partial charge in [0.05, 0.1) is 0 Å². The van der Waals surface area contributed by atoms with Crippen LogP contribution in [0.25, 0.3) is 0 Å². The minimum Gasteiger partial charge on any atom is -0.342 e. The van der Waals surface area contributed by atoms with Crippen molar-refractivity contribution in [2.24, 2.45) is 5.41 Å². The Morgan fingerprint density at radius 2 is 1.78 bits per heavy atom. The Labute approximate surface area is 110 Å². The number of amides is 2. The van der Waals surface area contributed by atoms with Crippen LogP contribution >= 0.6 is 0 Å². The predicted octanol–water partition coefficient (Wildman–Crippen LogP) is 1.94. The van der Waals surface area contributed by atoms with Crippen molar-refractivity contribution in [3.05, 3.63) is 0 Å². The number of carbonyl (C=O) groups is 2. The highest BCUT2D eigenvalue weighted by Crippen LogP contribution is 2.25. The Balaban J connectivity index is 3.00. The average Bonchev–Trinajstić information content (AvgIpc) is 2.39. The van der Waals surface area contributed by atoms with Gasteiger partial charge in [0.2, 0.25) is 11.8 Å². The van der Waals surface area contributed by atoms with Gasteiger partial charge in [-0.1, -0.05) is 34.6 Å². The Bertz CT molecular complexity index is 327. The van der Waals surface area contributed by atoms with Crippen molar-refractivity contribution < 1.29 is 9.59 Å². The van der Waals surface area contributed by atoms with E-state index in [1.54, 1.807) is 0 Å². The molecule has 0 radical (unpaired) electrons. The zero-order chi connectivity index (χ0) is 14.0. The predicted molar refractivity (Wildman–Crippen MR) is 72.1 cm³/mol. The summed E-state index contributed by atoms with van der Waals surface area (Å²) in [6.45, 7) is 11.5. The number of nitrogens with one attached hydrogen (secondary N) is 1. The van der Waals surface area contributed by atoms with Gasteiger partial charge in [-0.3, -0.25) is 9.59 Å². The van der Waals surface area contributed by atoms with Crippen LogP contribution in [-0.4, -0.2) is 35.3 Å². The van der Waals surface area contributed by atoms with Gasteiger partial charge in [0, 0.05) is 19.5 Å². The lowest BCUT2D eigenvalue weighted by Crippen LogP contribution is -2.57. The molecule has 0 spiro atoms. The molecular formula is C14H26N2O2. The Morgan fingerprint density at radius 1 is 1.22 bits per heavy atom. The summed E-state index contributed by atoms with van der Waals surface area (Å²) in [6, 6.07) is 0. The molecule has 4 heteroatoms. The normalized spacial score (nSPS) is 20.6. The monoisotopic (exact) mass is 254 g/mol. The quantitative estimate of drug-likeness (QED) is 0.836. The van der Waals surface area contributed by atoms with Crippen LogP contribution < -0.4 is 5.32 Å². The Hall–Kier alpha value is -1.06. The van der Waals surface area contributed by atoms with Crippen LogP contribution in [0.4, 0.5) is 0 Å². The van der Waals surface area contributed by atoms with E-state index < -0.39 is 5.54 Å². The van der Waals surface area contributed by atoms with E-state index in [2.05, 4.69) is 26.1 Å². The minimum absolute atomic E-state index is 0.0107. The summed E-state index contributed by atoms with van der Waals surface area (Å²) in [7, 11) is 0. The highest BCUT2D eigenvalue weighted by molar-refractivity contribution is 5.93. The first kappa shape index (κ1) is 15.0. The minimum atomic E-state index is -0.696. The molecule has 1 saturated heterocycles. The summed E-state index contributed by atoms with van der Waals surface area (Å²) in [5.41, 5.74) is -0.644. The molecule has 0 aromatic rings. The molecule has 4 nitrogen and oxygen atoms in total. The molecule has 0 aliphatic carbocycles. The fourth-order valence-corrected chi connectivity index (χ4v) is 2.48. The lowest BCUT2D eigenvalue weighted by Gasteiger charge is -2.36. The molecule has 1 rings (SSSR count). The number of hydrogen-bond acceptors (Lipinski definition) is 2. The van der Waals surface area contributed by atoms with Gasteiger partial charge in [0.25, 0.3) is 0 Å². The van der Waals surface area contributed by atoms with Crippen molar-refractivity contribution in [3.8, 4) is 0 Å². The van der Waals surface area contributed by atoms with E-state index in [0.717, 1.165) is 0 Å². The molecule has 0 saturated carbocycles. The van der Waals surface area contributed by atoms with Crippen LogP contribution in [0, 0.1) is 5.41 Å². The van der Waals surface area contributed by atoms with Crippen LogP contribution in [0.3, 0.4) is 0 Å². The second-order valence-electron chi connectivity index (χ2n) is 6.37. The summed E-state index contributed by atoms with van der Waals surface area (Å²) < 4.78 is 0. The smallest absolute Gasteiger partial charge is 0.248 e. The molecule has 1 N–H and O–H groups in total. The summed E-state index contributed by atoms with van der Waals surface area (Å²) in [5, 5.41) is 2.93. The molecule has 0 atom stereocenters. The second kappa shape index (κ2) is 5.29. The van der Waals surface area contributed by atoms with Gasteiger partial charge in [-0.25, -0.2) is 0 Å². The molecule has 2 amide bonds. The largest absolute Gasteiger partial charge is 0.342 e. The van der Waals surface area contributed by atoms with Crippen molar-refractivity contribution in [2.75, 3.05) is 13.1 Å². The van der Waals surface area contributed by atoms with Gasteiger partial charge in [0.15, 0.2) is 0 Å². The van der Waals surface area contributed by atoms with E-state index in [9.17, 15) is 9.59 Å². The van der Waals surface area contributed by atoms with Gasteiger partial charge in [-0.2, -0.15) is 0 Å². The van der Waals surface area contributed by atoms with Crippen molar-refractivity contribution in [2.45, 2.75) is 59.4 Å². The Morgan fingerprint density at radius 3 is 2.22 bits per heavy atom. The summed E-state index contributed by atoms with van der Waals surface area (Å²) in [6.07, 6.45) is 1.70. The molecule has 0 aromatic carbocycles. The van der Waals surface area contributed by atoms with Gasteiger partial charge in [-0.05, 0) is 18.3 Å². The van der Waals surface area contributed by atoms with Crippen molar-refractivity contribution >= 4 is 11.8 Å². The maximum Gasteiger partial charge on any atom is 0.248 e. The SMILES string of the molecule is CCC1(CC)NC(=O)CCN(CC(C)(C)C)C1=O. The van der Waals surface area contributed by atoms with Gasteiger partial charge in [0.1, 0.15) is 5.54 Å². The second-order valence-corrected chi connectivity index (χ2v) is 6.37. The van der Waals surface area contributed by atoms with Gasteiger partial charge >= 0.3 is 0 Å². The Kier molecular flexibility index (Phi) is 4.41. The molecule has 1 fully saturated rings. The topological polar surface area (TPSA) is 49.4 Å². The molecule has 0 bridgehead atoms. The highest BCUT2D eigenvalue weighted by Gasteiger charge is 2.42. The standard InChI is InChI=1S/C14H26N2O2/c1-6-14(7-2)12(18)16(10-13(3,4)5)9-8-11(17)15-14/h6-10H2,1-5H3,(H,15,17). The maximum absolute atomic E-state index is 12.7. The van der Waals surface area contributed by atoms with E-state index in [4.69, 9.17) is 0 Å². The van der Waals surface area contributed by atoms with E-state index in [-0.39, 0.29) is 17.2 Å². The first-order valence-electron chi connectivity index (χ1n) is 6.84. The van der Waals surface area contributed by atoms with Crippen LogP contribution in [0.5, 0.6) is 0 Å². The molecule has 1 heterocycles. The molecule has 1 aliphatic heterocycles. The van der Waals surface area contributed by atoms with Crippen molar-refractivity contribution in [1.82, 2.24) is 10.2 Å². The number of nitrogens with zero attached hydrogens (tertiary/aromatic N) is 1. The number of hydrogen-bond donors (Lipinski definition) is 1. The number of rotatable bonds is 3. The van der Waals surface area contributed by atoms with Gasteiger partial charge in [-0.15, -0.1) is 0 Å². The zero-order valence-electron chi connectivity index (χ0n) is 12.3. The van der Waals surface area contributed by atoms with E-state index in [1.807, 2.05) is 18.7 Å². The van der Waals surface area contributed by atoms with Crippen LogP contribution in [0.1, 0.15) is 53.9 Å². The van der Waals surface area contributed by atoms with Crippen molar-refractivity contribution in [1.29, 1.82) is 0 Å². The van der Waals surface area contributed by atoms with Crippen LogP contribution in [-0.2, 0) is 9.59 Å². The van der Waals surface area contributed by atoms with Crippen molar-refractivity contribution in [3.63, 3.8) is 0 Å². The molecule has 104 valence electrons. The van der Waals surface area contributed by atoms with E-state index in [1.165, 1.54) is 0 Å². The third-order valence-corrected chi connectivity index (χ3v) is 3.56. The first-order chi connectivity index (χ1) is 8.24. The number of carbonyl (C=O) groups excluding carboxylic acids is 2. The fraction of sp³-hybridized carbons (Fsp3) is 0.857. The molecule has 0 unspecified atom stereocenters. The van der Waals surface area contributed by atoms with Crippen LogP contribution in [0.2, 0.25) is 0 Å². The fourth-order valence-electron chi connectivity index (χ4n) is 2.48. The summed E-state index contributed by atoms with van der Waals surface area (Å²) in [4.78, 5) is 26.3. The summed E-state index contributed by atoms with van der Waals surface area (Å²) in [5.74, 6) is 0.0664. The maximum atomic E-state index is 12.7. The third-order valence-electron chi connectivity index (χ3n) is 3.56. The molecule has 0 aromatic heterocycles. The highest BCUT2D eigenvalue weighted by atomic mass is 16.2. The van der Waals surface area contributed by atoms with E-state index in [0.29, 0.717) is 32.4 Å². The summed E-state index contributed by atoms with van der Waals surface area (Å²) >= 11 is 0.